The van der Waals surface area contributed by atoms with Gasteiger partial charge >= 0.3 is 0 Å². The van der Waals surface area contributed by atoms with E-state index in [1.807, 2.05) is 0 Å². The molecule has 1 aliphatic carbocycles. The molecular formula is C18H29NO. The summed E-state index contributed by atoms with van der Waals surface area (Å²) in [6, 6.07) is 7.48. The molecule has 0 saturated carbocycles. The maximum Gasteiger partial charge on any atom is 0.0626 e. The number of ether oxygens (including phenoxy) is 1. The zero-order valence-electron chi connectivity index (χ0n) is 13.2. The molecule has 0 aromatic heterocycles. The molecule has 0 spiro atoms. The second-order valence-electron chi connectivity index (χ2n) is 6.19. The molecule has 112 valence electrons. The van der Waals surface area contributed by atoms with Gasteiger partial charge in [0, 0.05) is 6.04 Å². The molecule has 0 bridgehead atoms. The molecule has 2 nitrogen and oxygen atoms in total. The number of aryl methyl sites for hydroxylation is 2. The zero-order chi connectivity index (χ0) is 14.4. The Labute approximate surface area is 123 Å². The number of rotatable bonds is 8. The van der Waals surface area contributed by atoms with E-state index in [1.165, 1.54) is 31.2 Å². The minimum Gasteiger partial charge on any atom is -0.377 e. The van der Waals surface area contributed by atoms with Crippen LogP contribution in [0.25, 0.3) is 0 Å². The quantitative estimate of drug-likeness (QED) is 0.784. The summed E-state index contributed by atoms with van der Waals surface area (Å²) in [5, 5.41) is 3.62. The summed E-state index contributed by atoms with van der Waals surface area (Å²) in [6.07, 6.45) is 6.40. The van der Waals surface area contributed by atoms with Crippen molar-refractivity contribution in [1.82, 2.24) is 5.32 Å². The van der Waals surface area contributed by atoms with E-state index < -0.39 is 0 Å². The third-order valence-electron chi connectivity index (χ3n) is 3.96. The lowest BCUT2D eigenvalue weighted by Crippen LogP contribution is -2.36. The van der Waals surface area contributed by atoms with E-state index >= 15 is 0 Å². The number of fused-ring (bicyclic) bond motifs is 1. The molecule has 1 N–H and O–H groups in total. The summed E-state index contributed by atoms with van der Waals surface area (Å²) in [7, 11) is 0. The van der Waals surface area contributed by atoms with Gasteiger partial charge in [-0.2, -0.15) is 0 Å². The second kappa shape index (κ2) is 7.80. The van der Waals surface area contributed by atoms with Gasteiger partial charge in [0.15, 0.2) is 0 Å². The van der Waals surface area contributed by atoms with Crippen LogP contribution in [0.5, 0.6) is 0 Å². The lowest BCUT2D eigenvalue weighted by atomic mass is 10.0. The van der Waals surface area contributed by atoms with Gasteiger partial charge in [0.05, 0.1) is 12.7 Å². The van der Waals surface area contributed by atoms with Crippen LogP contribution in [0.3, 0.4) is 0 Å². The van der Waals surface area contributed by atoms with E-state index in [2.05, 4.69) is 44.3 Å². The van der Waals surface area contributed by atoms with E-state index in [0.29, 0.717) is 12.1 Å². The van der Waals surface area contributed by atoms with E-state index in [9.17, 15) is 0 Å². The molecule has 0 fully saturated rings. The highest BCUT2D eigenvalue weighted by atomic mass is 16.5. The van der Waals surface area contributed by atoms with Crippen molar-refractivity contribution in [2.45, 2.75) is 65.0 Å². The molecule has 1 atom stereocenters. The van der Waals surface area contributed by atoms with Crippen LogP contribution in [0.15, 0.2) is 18.2 Å². The van der Waals surface area contributed by atoms with E-state index in [1.54, 1.807) is 11.1 Å². The Morgan fingerprint density at radius 2 is 2.00 bits per heavy atom. The van der Waals surface area contributed by atoms with Crippen molar-refractivity contribution in [2.24, 2.45) is 0 Å². The van der Waals surface area contributed by atoms with Gasteiger partial charge in [0.25, 0.3) is 0 Å². The van der Waals surface area contributed by atoms with Crippen LogP contribution in [-0.4, -0.2) is 25.3 Å². The molecule has 1 aromatic carbocycles. The highest BCUT2D eigenvalue weighted by molar-refractivity contribution is 5.35. The maximum absolute atomic E-state index is 5.80. The highest BCUT2D eigenvalue weighted by Gasteiger charge is 2.14. The first-order valence-corrected chi connectivity index (χ1v) is 8.14. The van der Waals surface area contributed by atoms with Crippen molar-refractivity contribution in [3.8, 4) is 0 Å². The van der Waals surface area contributed by atoms with Crippen molar-refractivity contribution in [2.75, 3.05) is 13.2 Å². The van der Waals surface area contributed by atoms with Crippen molar-refractivity contribution in [1.29, 1.82) is 0 Å². The van der Waals surface area contributed by atoms with E-state index in [-0.39, 0.29) is 0 Å². The van der Waals surface area contributed by atoms with Crippen LogP contribution in [0.1, 0.15) is 50.3 Å². The fourth-order valence-electron chi connectivity index (χ4n) is 2.88. The van der Waals surface area contributed by atoms with Gasteiger partial charge in [-0.25, -0.2) is 0 Å². The Kier molecular flexibility index (Phi) is 6.06. The molecule has 0 aliphatic heterocycles. The first kappa shape index (κ1) is 15.5. The van der Waals surface area contributed by atoms with Crippen LogP contribution < -0.4 is 5.32 Å². The molecule has 1 aromatic rings. The Hall–Kier alpha value is -0.860. The molecule has 1 aliphatic rings. The normalized spacial score (nSPS) is 15.6. The molecule has 0 heterocycles. The number of benzene rings is 1. The van der Waals surface area contributed by atoms with Crippen molar-refractivity contribution < 1.29 is 4.74 Å². The average molecular weight is 275 g/mol. The van der Waals surface area contributed by atoms with Crippen LogP contribution in [0, 0.1) is 0 Å². The Bertz CT molecular complexity index is 414. The monoisotopic (exact) mass is 275 g/mol. The first-order valence-electron chi connectivity index (χ1n) is 8.14. The van der Waals surface area contributed by atoms with Crippen LogP contribution in [-0.2, 0) is 24.0 Å². The topological polar surface area (TPSA) is 21.3 Å². The fraction of sp³-hybridized carbons (Fsp3) is 0.667. The van der Waals surface area contributed by atoms with Crippen LogP contribution in [0.4, 0.5) is 0 Å². The van der Waals surface area contributed by atoms with Gasteiger partial charge < -0.3 is 10.1 Å². The maximum atomic E-state index is 5.80. The van der Waals surface area contributed by atoms with Gasteiger partial charge in [-0.1, -0.05) is 25.1 Å². The van der Waals surface area contributed by atoms with Crippen molar-refractivity contribution in [3.05, 3.63) is 34.9 Å². The van der Waals surface area contributed by atoms with E-state index in [4.69, 9.17) is 4.74 Å². The van der Waals surface area contributed by atoms with Crippen LogP contribution >= 0.6 is 0 Å². The van der Waals surface area contributed by atoms with Gasteiger partial charge in [-0.15, -0.1) is 0 Å². The highest BCUT2D eigenvalue weighted by Crippen LogP contribution is 2.23. The standard InChI is InChI=1S/C18H29NO/c1-4-10-19-18(13-20-14(2)3)12-15-8-9-16-6-5-7-17(16)11-15/h8-9,11,14,18-19H,4-7,10,12-13H2,1-3H3. The third kappa shape index (κ3) is 4.60. The number of nitrogens with one attached hydrogen (secondary N) is 1. The zero-order valence-corrected chi connectivity index (χ0v) is 13.2. The van der Waals surface area contributed by atoms with E-state index in [0.717, 1.165) is 19.6 Å². The van der Waals surface area contributed by atoms with Crippen molar-refractivity contribution in [3.63, 3.8) is 0 Å². The summed E-state index contributed by atoms with van der Waals surface area (Å²) >= 11 is 0. The van der Waals surface area contributed by atoms with Gasteiger partial charge in [0.2, 0.25) is 0 Å². The van der Waals surface area contributed by atoms with Gasteiger partial charge in [0.1, 0.15) is 0 Å². The van der Waals surface area contributed by atoms with Crippen LogP contribution in [0.2, 0.25) is 0 Å². The fourth-order valence-corrected chi connectivity index (χ4v) is 2.88. The smallest absolute Gasteiger partial charge is 0.0626 e. The minimum atomic E-state index is 0.306. The molecule has 0 saturated heterocycles. The molecule has 2 rings (SSSR count). The first-order chi connectivity index (χ1) is 9.69. The largest absolute Gasteiger partial charge is 0.377 e. The van der Waals surface area contributed by atoms with Gasteiger partial charge in [-0.05, 0) is 69.2 Å². The summed E-state index contributed by atoms with van der Waals surface area (Å²) in [4.78, 5) is 0. The summed E-state index contributed by atoms with van der Waals surface area (Å²) in [5.74, 6) is 0. The lowest BCUT2D eigenvalue weighted by molar-refractivity contribution is 0.0613. The number of hydrogen-bond acceptors (Lipinski definition) is 2. The predicted molar refractivity (Wildman–Crippen MR) is 85.3 cm³/mol. The molecule has 1 unspecified atom stereocenters. The average Bonchev–Trinajstić information content (AvgIpc) is 2.89. The second-order valence-corrected chi connectivity index (χ2v) is 6.19. The minimum absolute atomic E-state index is 0.306. The third-order valence-corrected chi connectivity index (χ3v) is 3.96. The Balaban J connectivity index is 1.95. The predicted octanol–water partition coefficient (Wildman–Crippen LogP) is 3.51. The number of hydrogen-bond donors (Lipinski definition) is 1. The molecule has 2 heteroatoms. The SMILES string of the molecule is CCCNC(COC(C)C)Cc1ccc2c(c1)CCC2. The Morgan fingerprint density at radius 3 is 2.75 bits per heavy atom. The summed E-state index contributed by atoms with van der Waals surface area (Å²) < 4.78 is 5.80. The molecule has 0 amide bonds. The summed E-state index contributed by atoms with van der Waals surface area (Å²) in [6.45, 7) is 8.28. The van der Waals surface area contributed by atoms with Crippen molar-refractivity contribution >= 4 is 0 Å². The van der Waals surface area contributed by atoms with Gasteiger partial charge in [-0.3, -0.25) is 0 Å². The molecule has 20 heavy (non-hydrogen) atoms. The lowest BCUT2D eigenvalue weighted by Gasteiger charge is -2.20. The molecular weight excluding hydrogens is 246 g/mol. The summed E-state index contributed by atoms with van der Waals surface area (Å²) in [5.41, 5.74) is 4.58. The molecule has 0 radical (unpaired) electrons. The Morgan fingerprint density at radius 1 is 1.20 bits per heavy atom.